The molecular weight excluding hydrogens is 232 g/mol. The molecule has 16 heavy (non-hydrogen) atoms. The van der Waals surface area contributed by atoms with Crippen molar-refractivity contribution in [3.05, 3.63) is 0 Å². The van der Waals surface area contributed by atoms with Crippen LogP contribution in [0.2, 0.25) is 6.04 Å². The van der Waals surface area contributed by atoms with Crippen LogP contribution in [0.15, 0.2) is 0 Å². The second-order valence-electron chi connectivity index (χ2n) is 3.16. The molecule has 0 aromatic carbocycles. The summed E-state index contributed by atoms with van der Waals surface area (Å²) in [5, 5.41) is 8.38. The van der Waals surface area contributed by atoms with Gasteiger partial charge in [0.2, 0.25) is 0 Å². The van der Waals surface area contributed by atoms with Crippen molar-refractivity contribution in [3.8, 4) is 0 Å². The summed E-state index contributed by atoms with van der Waals surface area (Å²) in [5.74, 6) is -0.852. The van der Waals surface area contributed by atoms with Crippen LogP contribution < -0.4 is 0 Å². The predicted molar refractivity (Wildman–Crippen MR) is 59.3 cm³/mol. The highest BCUT2D eigenvalue weighted by Crippen LogP contribution is 2.14. The summed E-state index contributed by atoms with van der Waals surface area (Å²) < 4.78 is 20.8. The van der Waals surface area contributed by atoms with Gasteiger partial charge in [0.15, 0.2) is 0 Å². The third-order valence-electron chi connectivity index (χ3n) is 2.16. The first-order chi connectivity index (χ1) is 7.60. The lowest BCUT2D eigenvalue weighted by molar-refractivity contribution is -0.138. The molecule has 0 aromatic heterocycles. The smallest absolute Gasteiger partial charge is 0.481 e. The Morgan fingerprint density at radius 2 is 1.69 bits per heavy atom. The summed E-state index contributed by atoms with van der Waals surface area (Å²) in [6.45, 7) is 0.717. The van der Waals surface area contributed by atoms with Gasteiger partial charge in [-0.3, -0.25) is 4.79 Å². The molecule has 96 valence electrons. The fourth-order valence-corrected chi connectivity index (χ4v) is 2.90. The van der Waals surface area contributed by atoms with Crippen molar-refractivity contribution in [1.29, 1.82) is 0 Å². The summed E-state index contributed by atoms with van der Waals surface area (Å²) in [4.78, 5) is 10.2. The second kappa shape index (κ2) is 8.65. The summed E-state index contributed by atoms with van der Waals surface area (Å²) in [6.07, 6.45) is 0.753. The first-order valence-electron chi connectivity index (χ1n) is 5.05. The zero-order chi connectivity index (χ0) is 12.4. The lowest BCUT2D eigenvalue weighted by atomic mass is 10.4. The van der Waals surface area contributed by atoms with Crippen molar-refractivity contribution in [2.75, 3.05) is 34.5 Å². The average molecular weight is 252 g/mol. The lowest BCUT2D eigenvalue weighted by Gasteiger charge is -2.24. The van der Waals surface area contributed by atoms with Gasteiger partial charge < -0.3 is 23.1 Å². The molecule has 0 aliphatic rings. The molecule has 0 unspecified atom stereocenters. The zero-order valence-corrected chi connectivity index (χ0v) is 11.0. The van der Waals surface area contributed by atoms with Gasteiger partial charge in [-0.25, -0.2) is 0 Å². The fraction of sp³-hybridized carbons (Fsp3) is 0.889. The van der Waals surface area contributed by atoms with E-state index >= 15 is 0 Å². The summed E-state index contributed by atoms with van der Waals surface area (Å²) >= 11 is 0. The van der Waals surface area contributed by atoms with Crippen molar-refractivity contribution in [2.45, 2.75) is 18.9 Å². The fourth-order valence-electron chi connectivity index (χ4n) is 1.21. The summed E-state index contributed by atoms with van der Waals surface area (Å²) in [5.41, 5.74) is 0. The van der Waals surface area contributed by atoms with Gasteiger partial charge in [0.1, 0.15) is 0 Å². The second-order valence-corrected chi connectivity index (χ2v) is 6.25. The third-order valence-corrected chi connectivity index (χ3v) is 5.00. The van der Waals surface area contributed by atoms with Crippen LogP contribution in [0.4, 0.5) is 0 Å². The van der Waals surface area contributed by atoms with E-state index in [2.05, 4.69) is 0 Å². The van der Waals surface area contributed by atoms with Gasteiger partial charge in [-0.15, -0.1) is 0 Å². The predicted octanol–water partition coefficient (Wildman–Crippen LogP) is 0.746. The molecule has 0 atom stereocenters. The van der Waals surface area contributed by atoms with Crippen molar-refractivity contribution in [1.82, 2.24) is 0 Å². The quantitative estimate of drug-likeness (QED) is 0.457. The van der Waals surface area contributed by atoms with Crippen LogP contribution in [0.5, 0.6) is 0 Å². The van der Waals surface area contributed by atoms with Crippen molar-refractivity contribution >= 4 is 14.8 Å². The minimum absolute atomic E-state index is 0.0292. The molecule has 0 aliphatic carbocycles. The van der Waals surface area contributed by atoms with Crippen LogP contribution in [0, 0.1) is 0 Å². The normalized spacial score (nSPS) is 11.7. The number of carboxylic acid groups (broad SMARTS) is 1. The van der Waals surface area contributed by atoms with Crippen molar-refractivity contribution in [2.24, 2.45) is 0 Å². The number of carboxylic acids is 1. The molecule has 0 rings (SSSR count). The van der Waals surface area contributed by atoms with Crippen LogP contribution in [0.1, 0.15) is 12.8 Å². The van der Waals surface area contributed by atoms with Gasteiger partial charge in [-0.1, -0.05) is 0 Å². The third kappa shape index (κ3) is 6.18. The van der Waals surface area contributed by atoms with Crippen LogP contribution in [0.25, 0.3) is 0 Å². The lowest BCUT2D eigenvalue weighted by Crippen LogP contribution is -2.42. The van der Waals surface area contributed by atoms with E-state index in [0.717, 1.165) is 6.42 Å². The Hall–Kier alpha value is -0.473. The van der Waals surface area contributed by atoms with E-state index in [9.17, 15) is 4.79 Å². The molecule has 0 saturated carbocycles. The first-order valence-corrected chi connectivity index (χ1v) is 6.98. The van der Waals surface area contributed by atoms with Gasteiger partial charge in [-0.2, -0.15) is 0 Å². The highest BCUT2D eigenvalue weighted by molar-refractivity contribution is 6.60. The summed E-state index contributed by atoms with van der Waals surface area (Å²) in [7, 11) is 2.18. The molecule has 0 spiro atoms. The standard InChI is InChI=1S/C9H20O6Si/c1-12-16(13-2,14-3)8-4-6-15-7-5-9(10)11/h4-8H2,1-3H3,(H,10,11). The maximum absolute atomic E-state index is 10.2. The minimum Gasteiger partial charge on any atom is -0.481 e. The Bertz CT molecular complexity index is 186. The van der Waals surface area contributed by atoms with Gasteiger partial charge in [-0.05, 0) is 6.42 Å². The molecule has 7 heteroatoms. The molecule has 0 aromatic rings. The molecule has 6 nitrogen and oxygen atoms in total. The van der Waals surface area contributed by atoms with Crippen molar-refractivity contribution < 1.29 is 27.9 Å². The van der Waals surface area contributed by atoms with E-state index in [0.29, 0.717) is 12.7 Å². The van der Waals surface area contributed by atoms with E-state index in [1.165, 1.54) is 0 Å². The Balaban J connectivity index is 3.59. The first kappa shape index (κ1) is 15.5. The van der Waals surface area contributed by atoms with E-state index in [4.69, 9.17) is 23.1 Å². The monoisotopic (exact) mass is 252 g/mol. The number of hydrogen-bond acceptors (Lipinski definition) is 5. The number of rotatable bonds is 10. The maximum Gasteiger partial charge on any atom is 0.500 e. The molecule has 0 heterocycles. The van der Waals surface area contributed by atoms with Gasteiger partial charge >= 0.3 is 14.8 Å². The van der Waals surface area contributed by atoms with Crippen LogP contribution >= 0.6 is 0 Å². The van der Waals surface area contributed by atoms with Gasteiger partial charge in [0.05, 0.1) is 13.0 Å². The molecule has 0 radical (unpaired) electrons. The Labute approximate surface area is 96.8 Å². The van der Waals surface area contributed by atoms with Crippen molar-refractivity contribution in [3.63, 3.8) is 0 Å². The van der Waals surface area contributed by atoms with Crippen LogP contribution in [-0.2, 0) is 22.8 Å². The Morgan fingerprint density at radius 3 is 2.12 bits per heavy atom. The molecule has 0 aliphatic heterocycles. The highest BCUT2D eigenvalue weighted by atomic mass is 28.4. The number of aliphatic carboxylic acids is 1. The van der Waals surface area contributed by atoms with Crippen LogP contribution in [-0.4, -0.2) is 54.4 Å². The summed E-state index contributed by atoms with van der Waals surface area (Å²) in [6, 6.07) is 0.656. The Morgan fingerprint density at radius 1 is 1.12 bits per heavy atom. The highest BCUT2D eigenvalue weighted by Gasteiger charge is 2.36. The number of ether oxygens (including phenoxy) is 1. The zero-order valence-electron chi connectivity index (χ0n) is 10.0. The number of carbonyl (C=O) groups is 1. The van der Waals surface area contributed by atoms with E-state index in [-0.39, 0.29) is 13.0 Å². The van der Waals surface area contributed by atoms with Gasteiger partial charge in [0, 0.05) is 34.0 Å². The topological polar surface area (TPSA) is 74.2 Å². The molecular formula is C9H20O6Si. The molecule has 0 fully saturated rings. The van der Waals surface area contributed by atoms with Crippen LogP contribution in [0.3, 0.4) is 0 Å². The molecule has 0 amide bonds. The maximum atomic E-state index is 10.2. The molecule has 1 N–H and O–H groups in total. The van der Waals surface area contributed by atoms with E-state index in [1.54, 1.807) is 21.3 Å². The van der Waals surface area contributed by atoms with E-state index in [1.807, 2.05) is 0 Å². The van der Waals surface area contributed by atoms with E-state index < -0.39 is 14.8 Å². The number of hydrogen-bond donors (Lipinski definition) is 1. The largest absolute Gasteiger partial charge is 0.500 e. The SMILES string of the molecule is CO[Si](CCCOCCC(=O)O)(OC)OC. The Kier molecular flexibility index (Phi) is 8.40. The molecule has 0 bridgehead atoms. The van der Waals surface area contributed by atoms with Gasteiger partial charge in [0.25, 0.3) is 0 Å². The average Bonchev–Trinajstić information content (AvgIpc) is 2.29. The molecule has 0 saturated heterocycles. The minimum atomic E-state index is -2.50.